The third kappa shape index (κ3) is 2.70. The van der Waals surface area contributed by atoms with Crippen LogP contribution < -0.4 is 4.74 Å². The molecule has 0 amide bonds. The summed E-state index contributed by atoms with van der Waals surface area (Å²) in [4.78, 5) is 4.20. The fourth-order valence-electron chi connectivity index (χ4n) is 2.31. The molecule has 2 heterocycles. The summed E-state index contributed by atoms with van der Waals surface area (Å²) in [7, 11) is 0. The van der Waals surface area contributed by atoms with Crippen LogP contribution in [0.5, 0.6) is 5.75 Å². The topological polar surface area (TPSA) is 27.1 Å². The van der Waals surface area contributed by atoms with Gasteiger partial charge in [-0.2, -0.15) is 0 Å². The zero-order valence-electron chi connectivity index (χ0n) is 11.2. The van der Waals surface area contributed by atoms with Crippen LogP contribution in [0.15, 0.2) is 53.4 Å². The molecule has 3 rings (SSSR count). The Kier molecular flexibility index (Phi) is 3.74. The minimum absolute atomic E-state index is 0.690. The predicted molar refractivity (Wildman–Crippen MR) is 84.1 cm³/mol. The summed E-state index contributed by atoms with van der Waals surface area (Å²) >= 11 is 3.45. The molecule has 0 aliphatic carbocycles. The fourth-order valence-corrected chi connectivity index (χ4v) is 2.72. The zero-order chi connectivity index (χ0) is 13.9. The van der Waals surface area contributed by atoms with E-state index in [-0.39, 0.29) is 0 Å². The van der Waals surface area contributed by atoms with E-state index in [4.69, 9.17) is 4.74 Å². The van der Waals surface area contributed by atoms with E-state index >= 15 is 0 Å². The lowest BCUT2D eigenvalue weighted by atomic mass is 10.2. The van der Waals surface area contributed by atoms with E-state index in [1.165, 1.54) is 16.5 Å². The van der Waals surface area contributed by atoms with Crippen LogP contribution in [-0.4, -0.2) is 16.2 Å². The lowest BCUT2D eigenvalue weighted by molar-refractivity contribution is 0.340. The summed E-state index contributed by atoms with van der Waals surface area (Å²) in [5.74, 6) is 0.918. The molecule has 0 fully saturated rings. The molecule has 0 aliphatic rings. The predicted octanol–water partition coefficient (Wildman–Crippen LogP) is 4.25. The molecule has 0 bridgehead atoms. The van der Waals surface area contributed by atoms with Crippen LogP contribution in [0.1, 0.15) is 12.5 Å². The number of ether oxygens (including phenoxy) is 1. The summed E-state index contributed by atoms with van der Waals surface area (Å²) in [5, 5.41) is 1.19. The van der Waals surface area contributed by atoms with Crippen molar-refractivity contribution in [3.05, 3.63) is 59.0 Å². The molecule has 0 N–H and O–H groups in total. The lowest BCUT2D eigenvalue weighted by Gasteiger charge is -2.07. The lowest BCUT2D eigenvalue weighted by Crippen LogP contribution is -1.98. The van der Waals surface area contributed by atoms with Gasteiger partial charge in [0.2, 0.25) is 0 Å². The Bertz CT molecular complexity index is 736. The molecule has 4 heteroatoms. The van der Waals surface area contributed by atoms with Crippen molar-refractivity contribution < 1.29 is 4.74 Å². The zero-order valence-corrected chi connectivity index (χ0v) is 12.8. The summed E-state index contributed by atoms with van der Waals surface area (Å²) < 4.78 is 8.75. The molecule has 102 valence electrons. The first-order valence-corrected chi connectivity index (χ1v) is 7.36. The molecule has 0 saturated heterocycles. The van der Waals surface area contributed by atoms with Crippen LogP contribution in [-0.2, 0) is 6.54 Å². The quantitative estimate of drug-likeness (QED) is 0.715. The minimum Gasteiger partial charge on any atom is -0.494 e. The van der Waals surface area contributed by atoms with Crippen molar-refractivity contribution in [2.24, 2.45) is 0 Å². The summed E-state index contributed by atoms with van der Waals surface area (Å²) in [6.07, 6.45) is 5.79. The Balaban J connectivity index is 1.92. The number of nitrogens with zero attached hydrogens (tertiary/aromatic N) is 2. The third-order valence-electron chi connectivity index (χ3n) is 3.17. The molecule has 0 unspecified atom stereocenters. The van der Waals surface area contributed by atoms with E-state index in [0.717, 1.165) is 16.8 Å². The van der Waals surface area contributed by atoms with Crippen LogP contribution in [0.3, 0.4) is 0 Å². The molecule has 2 aromatic heterocycles. The standard InChI is InChI=1S/C16H15BrN2O/c1-2-20-15-3-4-16-13(8-15)5-6-19(16)11-12-7-14(17)10-18-9-12/h3-10H,2,11H2,1H3. The SMILES string of the molecule is CCOc1ccc2c(ccn2Cc2cncc(Br)c2)c1. The largest absolute Gasteiger partial charge is 0.494 e. The van der Waals surface area contributed by atoms with Crippen LogP contribution in [0, 0.1) is 0 Å². The highest BCUT2D eigenvalue weighted by Crippen LogP contribution is 2.23. The molecule has 0 aliphatic heterocycles. The van der Waals surface area contributed by atoms with Gasteiger partial charge in [-0.25, -0.2) is 0 Å². The molecular weight excluding hydrogens is 316 g/mol. The van der Waals surface area contributed by atoms with Crippen molar-refractivity contribution in [3.63, 3.8) is 0 Å². The van der Waals surface area contributed by atoms with Crippen LogP contribution in [0.2, 0.25) is 0 Å². The third-order valence-corrected chi connectivity index (χ3v) is 3.60. The van der Waals surface area contributed by atoms with Gasteiger partial charge in [0.05, 0.1) is 6.61 Å². The van der Waals surface area contributed by atoms with Crippen molar-refractivity contribution in [2.45, 2.75) is 13.5 Å². The highest BCUT2D eigenvalue weighted by atomic mass is 79.9. The van der Waals surface area contributed by atoms with E-state index in [1.807, 2.05) is 19.2 Å². The fraction of sp³-hybridized carbons (Fsp3) is 0.188. The van der Waals surface area contributed by atoms with E-state index < -0.39 is 0 Å². The van der Waals surface area contributed by atoms with Crippen molar-refractivity contribution in [2.75, 3.05) is 6.61 Å². The monoisotopic (exact) mass is 330 g/mol. The molecule has 20 heavy (non-hydrogen) atoms. The van der Waals surface area contributed by atoms with Crippen LogP contribution in [0.25, 0.3) is 10.9 Å². The second kappa shape index (κ2) is 5.67. The van der Waals surface area contributed by atoms with Crippen LogP contribution in [0.4, 0.5) is 0 Å². The smallest absolute Gasteiger partial charge is 0.120 e. The molecule has 0 radical (unpaired) electrons. The van der Waals surface area contributed by atoms with Gasteiger partial charge < -0.3 is 9.30 Å². The molecule has 0 atom stereocenters. The number of hydrogen-bond donors (Lipinski definition) is 0. The van der Waals surface area contributed by atoms with Crippen molar-refractivity contribution in [1.82, 2.24) is 9.55 Å². The maximum absolute atomic E-state index is 5.53. The second-order valence-corrected chi connectivity index (χ2v) is 5.52. The van der Waals surface area contributed by atoms with Crippen molar-refractivity contribution >= 4 is 26.8 Å². The highest BCUT2D eigenvalue weighted by molar-refractivity contribution is 9.10. The summed E-state index contributed by atoms with van der Waals surface area (Å²) in [6, 6.07) is 10.4. The van der Waals surface area contributed by atoms with Gasteiger partial charge in [0.25, 0.3) is 0 Å². The maximum atomic E-state index is 5.53. The number of pyridine rings is 1. The highest BCUT2D eigenvalue weighted by Gasteiger charge is 2.04. The van der Waals surface area contributed by atoms with E-state index in [9.17, 15) is 0 Å². The maximum Gasteiger partial charge on any atom is 0.120 e. The number of fused-ring (bicyclic) bond motifs is 1. The van der Waals surface area contributed by atoms with Gasteiger partial charge in [-0.05, 0) is 58.7 Å². The molecule has 0 spiro atoms. The number of rotatable bonds is 4. The van der Waals surface area contributed by atoms with Gasteiger partial charge in [0, 0.05) is 40.5 Å². The Morgan fingerprint density at radius 2 is 2.10 bits per heavy atom. The van der Waals surface area contributed by atoms with Gasteiger partial charge in [-0.1, -0.05) is 0 Å². The Labute approximate surface area is 126 Å². The van der Waals surface area contributed by atoms with Gasteiger partial charge in [-0.15, -0.1) is 0 Å². The first-order chi connectivity index (χ1) is 9.76. The Morgan fingerprint density at radius 1 is 1.20 bits per heavy atom. The molecule has 1 aromatic carbocycles. The molecule has 0 saturated carbocycles. The normalized spacial score (nSPS) is 10.9. The average molecular weight is 331 g/mol. The minimum atomic E-state index is 0.690. The average Bonchev–Trinajstić information content (AvgIpc) is 2.82. The first-order valence-electron chi connectivity index (χ1n) is 6.57. The number of benzene rings is 1. The van der Waals surface area contributed by atoms with Gasteiger partial charge >= 0.3 is 0 Å². The molecular formula is C16H15BrN2O. The van der Waals surface area contributed by atoms with E-state index in [0.29, 0.717) is 6.61 Å². The Morgan fingerprint density at radius 3 is 2.90 bits per heavy atom. The van der Waals surface area contributed by atoms with Crippen LogP contribution >= 0.6 is 15.9 Å². The second-order valence-electron chi connectivity index (χ2n) is 4.61. The van der Waals surface area contributed by atoms with Crippen molar-refractivity contribution in [3.8, 4) is 5.75 Å². The van der Waals surface area contributed by atoms with E-state index in [2.05, 4.69) is 55.9 Å². The van der Waals surface area contributed by atoms with Crippen molar-refractivity contribution in [1.29, 1.82) is 0 Å². The Hall–Kier alpha value is -1.81. The van der Waals surface area contributed by atoms with E-state index in [1.54, 1.807) is 6.20 Å². The number of aromatic nitrogens is 2. The van der Waals surface area contributed by atoms with Gasteiger partial charge in [0.15, 0.2) is 0 Å². The number of hydrogen-bond acceptors (Lipinski definition) is 2. The summed E-state index contributed by atoms with van der Waals surface area (Å²) in [6.45, 7) is 3.50. The van der Waals surface area contributed by atoms with Gasteiger partial charge in [-0.3, -0.25) is 4.98 Å². The first kappa shape index (κ1) is 13.2. The summed E-state index contributed by atoms with van der Waals surface area (Å²) in [5.41, 5.74) is 2.37. The number of halogens is 1. The molecule has 3 nitrogen and oxygen atoms in total. The molecule has 3 aromatic rings. The van der Waals surface area contributed by atoms with Gasteiger partial charge in [0.1, 0.15) is 5.75 Å².